The molecule has 0 aliphatic rings. The number of carbonyl (C=O) groups is 1. The Labute approximate surface area is 144 Å². The van der Waals surface area contributed by atoms with E-state index in [9.17, 15) is 4.79 Å². The number of para-hydroxylation sites is 2. The number of aromatic amines is 1. The molecule has 1 aromatic heterocycles. The third kappa shape index (κ3) is 3.45. The second-order valence-corrected chi connectivity index (χ2v) is 5.31. The van der Waals surface area contributed by atoms with Crippen molar-refractivity contribution in [1.82, 2.24) is 15.4 Å². The Kier molecular flexibility index (Phi) is 4.65. The Morgan fingerprint density at radius 3 is 2.60 bits per heavy atom. The van der Waals surface area contributed by atoms with Crippen molar-refractivity contribution < 1.29 is 14.3 Å². The first-order valence-corrected chi connectivity index (χ1v) is 7.64. The zero-order valence-electron chi connectivity index (χ0n) is 14.2. The smallest absolute Gasteiger partial charge is 0.271 e. The summed E-state index contributed by atoms with van der Waals surface area (Å²) in [6.45, 7) is 1.77. The molecule has 0 aliphatic heterocycles. The minimum absolute atomic E-state index is 0.351. The number of nitrogens with one attached hydrogen (secondary N) is 2. The highest BCUT2D eigenvalue weighted by molar-refractivity contribution is 6.00. The molecule has 0 atom stereocenters. The molecule has 1 heterocycles. The summed E-state index contributed by atoms with van der Waals surface area (Å²) in [4.78, 5) is 19.9. The maximum atomic E-state index is 12.3. The van der Waals surface area contributed by atoms with Crippen LogP contribution in [0.1, 0.15) is 23.1 Å². The van der Waals surface area contributed by atoms with Gasteiger partial charge in [-0.25, -0.2) is 10.4 Å². The van der Waals surface area contributed by atoms with E-state index in [2.05, 4.69) is 20.5 Å². The summed E-state index contributed by atoms with van der Waals surface area (Å²) in [5.41, 5.74) is 5.27. The van der Waals surface area contributed by atoms with Gasteiger partial charge < -0.3 is 14.5 Å². The molecule has 1 amide bonds. The normalized spacial score (nSPS) is 11.4. The molecule has 0 radical (unpaired) electrons. The first-order chi connectivity index (χ1) is 12.1. The number of hydrogen-bond acceptors (Lipinski definition) is 5. The van der Waals surface area contributed by atoms with E-state index in [4.69, 9.17) is 9.47 Å². The quantitative estimate of drug-likeness (QED) is 0.553. The zero-order chi connectivity index (χ0) is 17.8. The second-order valence-electron chi connectivity index (χ2n) is 5.31. The third-order valence-electron chi connectivity index (χ3n) is 3.70. The van der Waals surface area contributed by atoms with Crippen molar-refractivity contribution in [3.63, 3.8) is 0 Å². The molecule has 3 aromatic rings. The van der Waals surface area contributed by atoms with E-state index >= 15 is 0 Å². The molecule has 0 spiro atoms. The van der Waals surface area contributed by atoms with E-state index in [0.717, 1.165) is 11.0 Å². The number of amides is 1. The first-order valence-electron chi connectivity index (χ1n) is 7.64. The van der Waals surface area contributed by atoms with E-state index in [1.165, 1.54) is 7.11 Å². The number of benzene rings is 2. The Morgan fingerprint density at radius 1 is 1.12 bits per heavy atom. The predicted octanol–water partition coefficient (Wildman–Crippen LogP) is 2.73. The Balaban J connectivity index is 1.77. The standard InChI is InChI=1S/C18H18N4O3/c1-11(17-19-13-6-4-5-7-14(13)20-17)21-22-18(23)12-8-9-15(24-2)16(10-12)25-3/h4-10H,1-3H3,(H,19,20)(H,22,23). The summed E-state index contributed by atoms with van der Waals surface area (Å²) in [5, 5.41) is 4.12. The van der Waals surface area contributed by atoms with Gasteiger partial charge in [-0.1, -0.05) is 12.1 Å². The van der Waals surface area contributed by atoms with Crippen molar-refractivity contribution in [3.8, 4) is 11.5 Å². The van der Waals surface area contributed by atoms with Gasteiger partial charge in [-0.2, -0.15) is 5.10 Å². The van der Waals surface area contributed by atoms with Gasteiger partial charge in [0.25, 0.3) is 5.91 Å². The molecule has 0 saturated heterocycles. The minimum atomic E-state index is -0.351. The number of rotatable bonds is 5. The fourth-order valence-corrected chi connectivity index (χ4v) is 2.35. The number of hydrogen-bond donors (Lipinski definition) is 2. The van der Waals surface area contributed by atoms with Crippen LogP contribution in [0.25, 0.3) is 11.0 Å². The maximum Gasteiger partial charge on any atom is 0.271 e. The predicted molar refractivity (Wildman–Crippen MR) is 95.3 cm³/mol. The van der Waals surface area contributed by atoms with Crippen LogP contribution in [-0.4, -0.2) is 35.8 Å². The fraction of sp³-hybridized carbons (Fsp3) is 0.167. The summed E-state index contributed by atoms with van der Waals surface area (Å²) in [6.07, 6.45) is 0. The number of fused-ring (bicyclic) bond motifs is 1. The number of aromatic nitrogens is 2. The van der Waals surface area contributed by atoms with Gasteiger partial charge in [0.15, 0.2) is 17.3 Å². The number of ether oxygens (including phenoxy) is 2. The average Bonchev–Trinajstić information content (AvgIpc) is 3.09. The zero-order valence-corrected chi connectivity index (χ0v) is 14.2. The van der Waals surface area contributed by atoms with Gasteiger partial charge in [0.2, 0.25) is 0 Å². The molecular formula is C18H18N4O3. The molecule has 25 heavy (non-hydrogen) atoms. The van der Waals surface area contributed by atoms with Crippen molar-refractivity contribution in [2.24, 2.45) is 5.10 Å². The van der Waals surface area contributed by atoms with Gasteiger partial charge >= 0.3 is 0 Å². The molecule has 3 rings (SSSR count). The molecule has 7 heteroatoms. The summed E-state index contributed by atoms with van der Waals surface area (Å²) < 4.78 is 10.4. The lowest BCUT2D eigenvalue weighted by Gasteiger charge is -2.08. The van der Waals surface area contributed by atoms with Gasteiger partial charge in [-0.15, -0.1) is 0 Å². The Bertz CT molecular complexity index is 913. The van der Waals surface area contributed by atoms with Crippen LogP contribution in [-0.2, 0) is 0 Å². The fourth-order valence-electron chi connectivity index (χ4n) is 2.35. The molecule has 0 saturated carbocycles. The lowest BCUT2D eigenvalue weighted by atomic mass is 10.2. The molecule has 2 N–H and O–H groups in total. The summed E-state index contributed by atoms with van der Waals surface area (Å²) >= 11 is 0. The number of imidazole rings is 1. The molecule has 0 fully saturated rings. The molecule has 0 bridgehead atoms. The molecule has 2 aromatic carbocycles. The van der Waals surface area contributed by atoms with Crippen molar-refractivity contribution >= 4 is 22.7 Å². The van der Waals surface area contributed by atoms with E-state index in [0.29, 0.717) is 28.6 Å². The largest absolute Gasteiger partial charge is 0.493 e. The highest BCUT2D eigenvalue weighted by Gasteiger charge is 2.11. The topological polar surface area (TPSA) is 88.6 Å². The van der Waals surface area contributed by atoms with Crippen molar-refractivity contribution in [2.75, 3.05) is 14.2 Å². The minimum Gasteiger partial charge on any atom is -0.493 e. The van der Waals surface area contributed by atoms with Gasteiger partial charge in [0.05, 0.1) is 25.3 Å². The van der Waals surface area contributed by atoms with Crippen LogP contribution in [0.2, 0.25) is 0 Å². The highest BCUT2D eigenvalue weighted by atomic mass is 16.5. The molecular weight excluding hydrogens is 320 g/mol. The second kappa shape index (κ2) is 7.04. The van der Waals surface area contributed by atoms with Crippen LogP contribution in [0.3, 0.4) is 0 Å². The van der Waals surface area contributed by atoms with Crippen molar-refractivity contribution in [3.05, 3.63) is 53.9 Å². The maximum absolute atomic E-state index is 12.3. The monoisotopic (exact) mass is 338 g/mol. The molecule has 0 aliphatic carbocycles. The number of H-pyrrole nitrogens is 1. The number of hydrazone groups is 1. The Hall–Kier alpha value is -3.35. The third-order valence-corrected chi connectivity index (χ3v) is 3.70. The van der Waals surface area contributed by atoms with E-state index in [1.807, 2.05) is 24.3 Å². The Morgan fingerprint density at radius 2 is 1.88 bits per heavy atom. The van der Waals surface area contributed by atoms with Crippen LogP contribution in [0.4, 0.5) is 0 Å². The lowest BCUT2D eigenvalue weighted by Crippen LogP contribution is -2.19. The average molecular weight is 338 g/mol. The van der Waals surface area contributed by atoms with Crippen molar-refractivity contribution in [2.45, 2.75) is 6.92 Å². The SMILES string of the molecule is COc1ccc(C(=O)NN=C(C)c2nc3ccccc3[nH]2)cc1OC. The van der Waals surface area contributed by atoms with Crippen LogP contribution < -0.4 is 14.9 Å². The first kappa shape index (κ1) is 16.5. The molecule has 0 unspecified atom stereocenters. The van der Waals surface area contributed by atoms with Gasteiger partial charge in [-0.05, 0) is 37.3 Å². The van der Waals surface area contributed by atoms with Gasteiger partial charge in [0, 0.05) is 5.56 Å². The van der Waals surface area contributed by atoms with Gasteiger partial charge in [-0.3, -0.25) is 4.79 Å². The van der Waals surface area contributed by atoms with Crippen molar-refractivity contribution in [1.29, 1.82) is 0 Å². The number of methoxy groups -OCH3 is 2. The summed E-state index contributed by atoms with van der Waals surface area (Å²) in [7, 11) is 3.06. The molecule has 7 nitrogen and oxygen atoms in total. The van der Waals surface area contributed by atoms with E-state index in [1.54, 1.807) is 32.2 Å². The molecule has 128 valence electrons. The summed E-state index contributed by atoms with van der Waals surface area (Å²) in [6, 6.07) is 12.6. The van der Waals surface area contributed by atoms with E-state index in [-0.39, 0.29) is 5.91 Å². The van der Waals surface area contributed by atoms with Crippen LogP contribution in [0, 0.1) is 0 Å². The lowest BCUT2D eigenvalue weighted by molar-refractivity contribution is 0.0954. The van der Waals surface area contributed by atoms with Crippen LogP contribution >= 0.6 is 0 Å². The van der Waals surface area contributed by atoms with Crippen LogP contribution in [0.5, 0.6) is 11.5 Å². The number of nitrogens with zero attached hydrogens (tertiary/aromatic N) is 2. The summed E-state index contributed by atoms with van der Waals surface area (Å²) in [5.74, 6) is 1.29. The van der Waals surface area contributed by atoms with Gasteiger partial charge in [0.1, 0.15) is 5.71 Å². The van der Waals surface area contributed by atoms with Crippen LogP contribution in [0.15, 0.2) is 47.6 Å². The number of carbonyl (C=O) groups excluding carboxylic acids is 1. The van der Waals surface area contributed by atoms with E-state index < -0.39 is 0 Å². The highest BCUT2D eigenvalue weighted by Crippen LogP contribution is 2.27.